The maximum Gasteiger partial charge on any atom is 0.311 e. The van der Waals surface area contributed by atoms with Crippen molar-refractivity contribution < 1.29 is 23.5 Å². The van der Waals surface area contributed by atoms with Crippen LogP contribution in [0.3, 0.4) is 0 Å². The highest BCUT2D eigenvalue weighted by Crippen LogP contribution is 2.32. The Morgan fingerprint density at radius 2 is 1.62 bits per heavy atom. The van der Waals surface area contributed by atoms with Crippen molar-refractivity contribution in [3.05, 3.63) is 59.4 Å². The first-order chi connectivity index (χ1) is 14.1. The van der Waals surface area contributed by atoms with Gasteiger partial charge in [-0.3, -0.25) is 14.5 Å². The van der Waals surface area contributed by atoms with Crippen LogP contribution in [0.5, 0.6) is 11.5 Å². The zero-order chi connectivity index (χ0) is 20.2. The molecule has 2 aromatic carbocycles. The molecule has 1 saturated heterocycles. The lowest BCUT2D eigenvalue weighted by molar-refractivity contribution is -0.147. The number of nitrogens with one attached hydrogen (secondary N) is 1. The van der Waals surface area contributed by atoms with Crippen molar-refractivity contribution in [3.63, 3.8) is 0 Å². The van der Waals surface area contributed by atoms with Gasteiger partial charge < -0.3 is 19.7 Å². The molecule has 2 heterocycles. The zero-order valence-corrected chi connectivity index (χ0v) is 15.9. The first kappa shape index (κ1) is 19.2. The van der Waals surface area contributed by atoms with Crippen molar-refractivity contribution >= 4 is 11.8 Å². The average Bonchev–Trinajstić information content (AvgIpc) is 3.21. The molecule has 2 aromatic rings. The van der Waals surface area contributed by atoms with Crippen LogP contribution >= 0.6 is 0 Å². The molecule has 8 heteroatoms. The Balaban J connectivity index is 1.23. The van der Waals surface area contributed by atoms with E-state index in [1.807, 2.05) is 18.2 Å². The molecule has 0 atom stereocenters. The summed E-state index contributed by atoms with van der Waals surface area (Å²) in [5, 5.41) is 2.60. The van der Waals surface area contributed by atoms with E-state index in [-0.39, 0.29) is 19.2 Å². The fourth-order valence-electron chi connectivity index (χ4n) is 3.41. The van der Waals surface area contributed by atoms with Gasteiger partial charge in [0.1, 0.15) is 5.82 Å². The Hall–Kier alpha value is -3.13. The Morgan fingerprint density at radius 3 is 2.38 bits per heavy atom. The van der Waals surface area contributed by atoms with Crippen molar-refractivity contribution in [2.75, 3.05) is 33.0 Å². The van der Waals surface area contributed by atoms with E-state index in [0.717, 1.165) is 29.2 Å². The Labute approximate surface area is 168 Å². The predicted octanol–water partition coefficient (Wildman–Crippen LogP) is 1.51. The van der Waals surface area contributed by atoms with Gasteiger partial charge in [-0.1, -0.05) is 18.2 Å². The highest BCUT2D eigenvalue weighted by atomic mass is 19.1. The van der Waals surface area contributed by atoms with Crippen molar-refractivity contribution in [1.29, 1.82) is 0 Å². The van der Waals surface area contributed by atoms with Crippen LogP contribution in [0.15, 0.2) is 42.5 Å². The number of carbonyl (C=O) groups excluding carboxylic acids is 2. The normalized spacial score (nSPS) is 16.0. The second-order valence-corrected chi connectivity index (χ2v) is 7.07. The smallest absolute Gasteiger partial charge is 0.311 e. The van der Waals surface area contributed by atoms with E-state index < -0.39 is 11.8 Å². The molecule has 0 unspecified atom stereocenters. The summed E-state index contributed by atoms with van der Waals surface area (Å²) in [7, 11) is 0. The molecule has 2 aliphatic heterocycles. The lowest BCUT2D eigenvalue weighted by Crippen LogP contribution is -2.52. The van der Waals surface area contributed by atoms with Crippen LogP contribution < -0.4 is 14.8 Å². The summed E-state index contributed by atoms with van der Waals surface area (Å²) in [4.78, 5) is 28.3. The summed E-state index contributed by atoms with van der Waals surface area (Å²) >= 11 is 0. The van der Waals surface area contributed by atoms with Crippen LogP contribution in [0.4, 0.5) is 4.39 Å². The molecule has 7 nitrogen and oxygen atoms in total. The number of fused-ring (bicyclic) bond motifs is 1. The molecule has 0 aromatic heterocycles. The van der Waals surface area contributed by atoms with Gasteiger partial charge >= 0.3 is 11.8 Å². The number of halogens is 1. The molecular formula is C21H22FN3O4. The van der Waals surface area contributed by atoms with Gasteiger partial charge in [0.05, 0.1) is 0 Å². The van der Waals surface area contributed by atoms with Gasteiger partial charge in [0.25, 0.3) is 0 Å². The molecular weight excluding hydrogens is 377 g/mol. The number of hydrogen-bond donors (Lipinski definition) is 1. The summed E-state index contributed by atoms with van der Waals surface area (Å²) in [6.45, 7) is 3.55. The molecule has 1 N–H and O–H groups in total. The monoisotopic (exact) mass is 399 g/mol. The lowest BCUT2D eigenvalue weighted by atomic mass is 10.1. The number of hydrogen-bond acceptors (Lipinski definition) is 5. The minimum absolute atomic E-state index is 0.189. The van der Waals surface area contributed by atoms with Gasteiger partial charge in [0.2, 0.25) is 6.79 Å². The van der Waals surface area contributed by atoms with Gasteiger partial charge in [-0.15, -0.1) is 0 Å². The van der Waals surface area contributed by atoms with Crippen LogP contribution in [0.1, 0.15) is 11.1 Å². The standard InChI is InChI=1S/C21H22FN3O4/c22-17-4-1-15(2-5-17)12-23-20(26)21(27)25-9-7-24(8-10-25)13-16-3-6-18-19(11-16)29-14-28-18/h1-6,11H,7-10,12-14H2,(H,23,26). The predicted molar refractivity (Wildman–Crippen MR) is 103 cm³/mol. The van der Waals surface area contributed by atoms with Crippen LogP contribution in [0.2, 0.25) is 0 Å². The summed E-state index contributed by atoms with van der Waals surface area (Å²) in [6.07, 6.45) is 0. The van der Waals surface area contributed by atoms with E-state index in [4.69, 9.17) is 9.47 Å². The number of carbonyl (C=O) groups is 2. The third-order valence-electron chi connectivity index (χ3n) is 5.06. The van der Waals surface area contributed by atoms with Crippen molar-refractivity contribution in [2.45, 2.75) is 13.1 Å². The fourth-order valence-corrected chi connectivity index (χ4v) is 3.41. The van der Waals surface area contributed by atoms with E-state index >= 15 is 0 Å². The molecule has 2 amide bonds. The summed E-state index contributed by atoms with van der Waals surface area (Å²) < 4.78 is 23.7. The van der Waals surface area contributed by atoms with E-state index in [2.05, 4.69) is 10.2 Å². The minimum Gasteiger partial charge on any atom is -0.454 e. The van der Waals surface area contributed by atoms with Crippen molar-refractivity contribution in [2.24, 2.45) is 0 Å². The van der Waals surface area contributed by atoms with Crippen molar-refractivity contribution in [3.8, 4) is 11.5 Å². The number of piperazine rings is 1. The van der Waals surface area contributed by atoms with Crippen LogP contribution in [0.25, 0.3) is 0 Å². The van der Waals surface area contributed by atoms with E-state index in [0.29, 0.717) is 26.2 Å². The third kappa shape index (κ3) is 4.65. The molecule has 4 rings (SSSR count). The molecule has 2 aliphatic rings. The number of ether oxygens (including phenoxy) is 2. The fraction of sp³-hybridized carbons (Fsp3) is 0.333. The summed E-state index contributed by atoms with van der Waals surface area (Å²) in [6, 6.07) is 11.7. The van der Waals surface area contributed by atoms with Gasteiger partial charge in [-0.05, 0) is 35.4 Å². The molecule has 1 fully saturated rings. The molecule has 0 saturated carbocycles. The van der Waals surface area contributed by atoms with Gasteiger partial charge in [0, 0.05) is 39.3 Å². The second kappa shape index (κ2) is 8.48. The third-order valence-corrected chi connectivity index (χ3v) is 5.06. The van der Waals surface area contributed by atoms with Crippen LogP contribution in [0, 0.1) is 5.82 Å². The molecule has 29 heavy (non-hydrogen) atoms. The molecule has 0 aliphatic carbocycles. The molecule has 152 valence electrons. The minimum atomic E-state index is -0.640. The van der Waals surface area contributed by atoms with Gasteiger partial charge in [-0.2, -0.15) is 0 Å². The zero-order valence-electron chi connectivity index (χ0n) is 15.9. The molecule has 0 radical (unpaired) electrons. The number of benzene rings is 2. The lowest BCUT2D eigenvalue weighted by Gasteiger charge is -2.34. The van der Waals surface area contributed by atoms with E-state index in [1.54, 1.807) is 17.0 Å². The van der Waals surface area contributed by atoms with E-state index in [9.17, 15) is 14.0 Å². The van der Waals surface area contributed by atoms with Crippen LogP contribution in [-0.4, -0.2) is 54.6 Å². The number of amides is 2. The Morgan fingerprint density at radius 1 is 0.931 bits per heavy atom. The van der Waals surface area contributed by atoms with Crippen molar-refractivity contribution in [1.82, 2.24) is 15.1 Å². The Kier molecular flexibility index (Phi) is 5.62. The highest BCUT2D eigenvalue weighted by Gasteiger charge is 2.26. The van der Waals surface area contributed by atoms with Crippen LogP contribution in [-0.2, 0) is 22.7 Å². The largest absolute Gasteiger partial charge is 0.454 e. The number of nitrogens with zero attached hydrogens (tertiary/aromatic N) is 2. The van der Waals surface area contributed by atoms with Gasteiger partial charge in [0.15, 0.2) is 11.5 Å². The summed E-state index contributed by atoms with van der Waals surface area (Å²) in [5.74, 6) is 0.00751. The second-order valence-electron chi connectivity index (χ2n) is 7.07. The quantitative estimate of drug-likeness (QED) is 0.790. The molecule has 0 spiro atoms. The van der Waals surface area contributed by atoms with E-state index in [1.165, 1.54) is 12.1 Å². The maximum absolute atomic E-state index is 12.9. The van der Waals surface area contributed by atoms with Gasteiger partial charge in [-0.25, -0.2) is 4.39 Å². The maximum atomic E-state index is 12.9. The average molecular weight is 399 g/mol. The first-order valence-corrected chi connectivity index (χ1v) is 9.51. The highest BCUT2D eigenvalue weighted by molar-refractivity contribution is 6.35. The topological polar surface area (TPSA) is 71.1 Å². The first-order valence-electron chi connectivity index (χ1n) is 9.51. The Bertz CT molecular complexity index is 895. The molecule has 0 bridgehead atoms. The SMILES string of the molecule is O=C(NCc1ccc(F)cc1)C(=O)N1CCN(Cc2ccc3c(c2)OCO3)CC1. The summed E-state index contributed by atoms with van der Waals surface area (Å²) in [5.41, 5.74) is 1.85. The number of rotatable bonds is 4.